The number of amides is 1. The molecule has 0 unspecified atom stereocenters. The van der Waals surface area contributed by atoms with Crippen molar-refractivity contribution in [2.24, 2.45) is 0 Å². The zero-order chi connectivity index (χ0) is 18.4. The fraction of sp³-hybridized carbons (Fsp3) is 0.167. The van der Waals surface area contributed by atoms with Crippen molar-refractivity contribution in [1.29, 1.82) is 0 Å². The number of carbonyl (C=O) groups is 2. The third kappa shape index (κ3) is 4.29. The largest absolute Gasteiger partial charge is 0.452 e. The highest BCUT2D eigenvalue weighted by molar-refractivity contribution is 5.95. The van der Waals surface area contributed by atoms with E-state index >= 15 is 0 Å². The van der Waals surface area contributed by atoms with Gasteiger partial charge in [0.2, 0.25) is 0 Å². The molecule has 3 aromatic rings. The average molecular weight is 351 g/mol. The number of nitrogens with one attached hydrogen (secondary N) is 1. The predicted octanol–water partition coefficient (Wildman–Crippen LogP) is 2.02. The Morgan fingerprint density at radius 1 is 1.15 bits per heavy atom. The van der Waals surface area contributed by atoms with Gasteiger partial charge in [-0.3, -0.25) is 4.79 Å². The summed E-state index contributed by atoms with van der Waals surface area (Å²) in [6, 6.07) is 14.1. The second kappa shape index (κ2) is 8.02. The summed E-state index contributed by atoms with van der Waals surface area (Å²) in [6.07, 6.45) is 2.29. The molecule has 132 valence electrons. The molecular formula is C18H17N5O3. The van der Waals surface area contributed by atoms with Gasteiger partial charge in [0.1, 0.15) is 6.33 Å². The molecule has 0 bridgehead atoms. The second-order valence-corrected chi connectivity index (χ2v) is 5.48. The first kappa shape index (κ1) is 17.3. The monoisotopic (exact) mass is 351 g/mol. The summed E-state index contributed by atoms with van der Waals surface area (Å²) in [6.45, 7) is 1.66. The van der Waals surface area contributed by atoms with E-state index in [1.807, 2.05) is 25.1 Å². The van der Waals surface area contributed by atoms with Gasteiger partial charge >= 0.3 is 5.97 Å². The van der Waals surface area contributed by atoms with Crippen molar-refractivity contribution in [2.45, 2.75) is 13.3 Å². The summed E-state index contributed by atoms with van der Waals surface area (Å²) in [5, 5.41) is 13.6. The maximum atomic E-state index is 12.2. The summed E-state index contributed by atoms with van der Waals surface area (Å²) >= 11 is 0. The quantitative estimate of drug-likeness (QED) is 0.682. The molecule has 0 saturated heterocycles. The topological polar surface area (TPSA) is 99.0 Å². The summed E-state index contributed by atoms with van der Waals surface area (Å²) in [4.78, 5) is 24.1. The van der Waals surface area contributed by atoms with Crippen LogP contribution in [0.3, 0.4) is 0 Å². The Hall–Kier alpha value is -3.55. The van der Waals surface area contributed by atoms with E-state index in [2.05, 4.69) is 20.8 Å². The van der Waals surface area contributed by atoms with Crippen LogP contribution in [0.2, 0.25) is 0 Å². The standard InChI is InChI=1S/C18H17N5O3/c1-2-13-5-3-7-15(9-13)20-17(24)11-26-18(25)14-6-4-8-16(10-14)23-12-19-21-22-23/h3-10,12H,2,11H2,1H3,(H,20,24). The number of benzene rings is 2. The van der Waals surface area contributed by atoms with Crippen LogP contribution < -0.4 is 5.32 Å². The van der Waals surface area contributed by atoms with Crippen molar-refractivity contribution in [3.8, 4) is 5.69 Å². The number of carbonyl (C=O) groups excluding carboxylic acids is 2. The van der Waals surface area contributed by atoms with E-state index in [1.165, 1.54) is 11.0 Å². The lowest BCUT2D eigenvalue weighted by Crippen LogP contribution is -2.21. The van der Waals surface area contributed by atoms with Crippen LogP contribution in [0.5, 0.6) is 0 Å². The van der Waals surface area contributed by atoms with Gasteiger partial charge < -0.3 is 10.1 Å². The molecule has 1 heterocycles. The number of tetrazole rings is 1. The number of nitrogens with zero attached hydrogens (tertiary/aromatic N) is 4. The van der Waals surface area contributed by atoms with E-state index in [9.17, 15) is 9.59 Å². The molecule has 8 nitrogen and oxygen atoms in total. The Morgan fingerprint density at radius 3 is 2.77 bits per heavy atom. The van der Waals surface area contributed by atoms with E-state index in [1.54, 1.807) is 30.3 Å². The minimum absolute atomic E-state index is 0.304. The zero-order valence-electron chi connectivity index (χ0n) is 14.1. The lowest BCUT2D eigenvalue weighted by atomic mass is 10.1. The molecule has 0 aliphatic rings. The third-order valence-corrected chi connectivity index (χ3v) is 3.65. The minimum Gasteiger partial charge on any atom is -0.452 e. The van der Waals surface area contributed by atoms with Gasteiger partial charge in [-0.15, -0.1) is 5.10 Å². The molecule has 0 saturated carbocycles. The van der Waals surface area contributed by atoms with Crippen molar-refractivity contribution in [1.82, 2.24) is 20.2 Å². The van der Waals surface area contributed by atoms with Gasteiger partial charge in [-0.2, -0.15) is 0 Å². The Bertz CT molecular complexity index is 909. The molecule has 3 rings (SSSR count). The van der Waals surface area contributed by atoms with Crippen LogP contribution in [0.15, 0.2) is 54.9 Å². The predicted molar refractivity (Wildman–Crippen MR) is 93.9 cm³/mol. The Balaban J connectivity index is 1.58. The number of aryl methyl sites for hydroxylation is 1. The van der Waals surface area contributed by atoms with Crippen LogP contribution in [-0.4, -0.2) is 38.7 Å². The van der Waals surface area contributed by atoms with Gasteiger partial charge in [-0.05, 0) is 52.7 Å². The molecular weight excluding hydrogens is 334 g/mol. The summed E-state index contributed by atoms with van der Waals surface area (Å²) in [5.74, 6) is -0.999. The highest BCUT2D eigenvalue weighted by Crippen LogP contribution is 2.12. The van der Waals surface area contributed by atoms with Gasteiger partial charge in [-0.1, -0.05) is 25.1 Å². The molecule has 0 aliphatic carbocycles. The van der Waals surface area contributed by atoms with E-state index < -0.39 is 11.9 Å². The zero-order valence-corrected chi connectivity index (χ0v) is 14.1. The third-order valence-electron chi connectivity index (χ3n) is 3.65. The van der Waals surface area contributed by atoms with Gasteiger partial charge in [-0.25, -0.2) is 9.48 Å². The molecule has 8 heteroatoms. The molecule has 0 aliphatic heterocycles. The Morgan fingerprint density at radius 2 is 2.00 bits per heavy atom. The number of hydrogen-bond acceptors (Lipinski definition) is 6. The smallest absolute Gasteiger partial charge is 0.338 e. The lowest BCUT2D eigenvalue weighted by Gasteiger charge is -2.08. The van der Waals surface area contributed by atoms with Crippen molar-refractivity contribution in [2.75, 3.05) is 11.9 Å². The molecule has 26 heavy (non-hydrogen) atoms. The van der Waals surface area contributed by atoms with Crippen LogP contribution >= 0.6 is 0 Å². The SMILES string of the molecule is CCc1cccc(NC(=O)COC(=O)c2cccc(-n3cnnn3)c2)c1. The summed E-state index contributed by atoms with van der Waals surface area (Å²) < 4.78 is 6.50. The van der Waals surface area contributed by atoms with Gasteiger partial charge in [0.25, 0.3) is 5.91 Å². The van der Waals surface area contributed by atoms with Gasteiger partial charge in [0.15, 0.2) is 6.61 Å². The molecule has 1 aromatic heterocycles. The number of hydrogen-bond donors (Lipinski definition) is 1. The molecule has 1 amide bonds. The highest BCUT2D eigenvalue weighted by Gasteiger charge is 2.12. The molecule has 0 radical (unpaired) electrons. The fourth-order valence-corrected chi connectivity index (χ4v) is 2.34. The molecule has 0 spiro atoms. The molecule has 0 atom stereocenters. The minimum atomic E-state index is -0.600. The first-order valence-electron chi connectivity index (χ1n) is 8.05. The molecule has 0 fully saturated rings. The fourth-order valence-electron chi connectivity index (χ4n) is 2.34. The normalized spacial score (nSPS) is 10.3. The van der Waals surface area contributed by atoms with Crippen LogP contribution in [0, 0.1) is 0 Å². The van der Waals surface area contributed by atoms with E-state index in [0.29, 0.717) is 16.9 Å². The van der Waals surface area contributed by atoms with Crippen molar-refractivity contribution >= 4 is 17.6 Å². The number of rotatable bonds is 6. The summed E-state index contributed by atoms with van der Waals surface area (Å²) in [5.41, 5.74) is 2.70. The van der Waals surface area contributed by atoms with E-state index in [0.717, 1.165) is 12.0 Å². The second-order valence-electron chi connectivity index (χ2n) is 5.48. The van der Waals surface area contributed by atoms with E-state index in [4.69, 9.17) is 4.74 Å². The van der Waals surface area contributed by atoms with Crippen LogP contribution in [0.1, 0.15) is 22.8 Å². The highest BCUT2D eigenvalue weighted by atomic mass is 16.5. The number of esters is 1. The summed E-state index contributed by atoms with van der Waals surface area (Å²) in [7, 11) is 0. The maximum Gasteiger partial charge on any atom is 0.338 e. The van der Waals surface area contributed by atoms with Gasteiger partial charge in [0, 0.05) is 5.69 Å². The van der Waals surface area contributed by atoms with Crippen LogP contribution in [-0.2, 0) is 16.0 Å². The molecule has 2 aromatic carbocycles. The van der Waals surface area contributed by atoms with Crippen LogP contribution in [0.25, 0.3) is 5.69 Å². The van der Waals surface area contributed by atoms with Gasteiger partial charge in [0.05, 0.1) is 11.3 Å². The Labute approximate surface area is 149 Å². The number of ether oxygens (including phenoxy) is 1. The number of aromatic nitrogens is 4. The first-order chi connectivity index (χ1) is 12.7. The van der Waals surface area contributed by atoms with Crippen molar-refractivity contribution < 1.29 is 14.3 Å². The van der Waals surface area contributed by atoms with Crippen LogP contribution in [0.4, 0.5) is 5.69 Å². The average Bonchev–Trinajstić information content (AvgIpc) is 3.21. The lowest BCUT2D eigenvalue weighted by molar-refractivity contribution is -0.119. The molecule has 1 N–H and O–H groups in total. The Kier molecular flexibility index (Phi) is 5.33. The maximum absolute atomic E-state index is 12.2. The van der Waals surface area contributed by atoms with Crippen molar-refractivity contribution in [3.63, 3.8) is 0 Å². The number of anilines is 1. The first-order valence-corrected chi connectivity index (χ1v) is 8.05. The van der Waals surface area contributed by atoms with E-state index in [-0.39, 0.29) is 6.61 Å². The van der Waals surface area contributed by atoms with Crippen molar-refractivity contribution in [3.05, 3.63) is 66.0 Å².